The highest BCUT2D eigenvalue weighted by Crippen LogP contribution is 2.39. The molecule has 0 aliphatic carbocycles. The number of hydrazone groups is 1. The first kappa shape index (κ1) is 16.7. The number of nitrogens with zero attached hydrogens (tertiary/aromatic N) is 3. The quantitative estimate of drug-likeness (QED) is 0.467. The monoisotopic (exact) mass is 337 g/mol. The van der Waals surface area contributed by atoms with E-state index in [4.69, 9.17) is 9.84 Å². The van der Waals surface area contributed by atoms with E-state index in [0.29, 0.717) is 12.2 Å². The highest BCUT2D eigenvalue weighted by molar-refractivity contribution is 6.04. The number of benzene rings is 2. The van der Waals surface area contributed by atoms with E-state index in [2.05, 4.69) is 6.58 Å². The molecule has 1 aliphatic heterocycles. The molecule has 0 saturated heterocycles. The topological polar surface area (TPSA) is 68.0 Å². The molecule has 0 N–H and O–H groups in total. The zero-order chi connectivity index (χ0) is 18.0. The summed E-state index contributed by atoms with van der Waals surface area (Å²) in [6, 6.07) is 16.2. The Bertz CT molecular complexity index is 831. The van der Waals surface area contributed by atoms with Crippen molar-refractivity contribution >= 4 is 17.1 Å². The van der Waals surface area contributed by atoms with Crippen molar-refractivity contribution in [3.05, 3.63) is 82.6 Å². The normalized spacial score (nSPS) is 19.4. The van der Waals surface area contributed by atoms with E-state index < -0.39 is 10.5 Å². The lowest BCUT2D eigenvalue weighted by molar-refractivity contribution is -0.384. The van der Waals surface area contributed by atoms with Crippen molar-refractivity contribution in [2.45, 2.75) is 18.9 Å². The van der Waals surface area contributed by atoms with Crippen molar-refractivity contribution in [2.75, 3.05) is 12.1 Å². The molecule has 1 heterocycles. The number of ether oxygens (including phenoxy) is 1. The highest BCUT2D eigenvalue weighted by Gasteiger charge is 2.43. The van der Waals surface area contributed by atoms with E-state index in [1.54, 1.807) is 19.2 Å². The third-order valence-electron chi connectivity index (χ3n) is 4.46. The lowest BCUT2D eigenvalue weighted by Gasteiger charge is -2.34. The van der Waals surface area contributed by atoms with Gasteiger partial charge in [0.1, 0.15) is 11.3 Å². The number of nitro benzene ring substituents is 1. The predicted molar refractivity (Wildman–Crippen MR) is 97.7 cm³/mol. The fourth-order valence-corrected chi connectivity index (χ4v) is 2.95. The largest absolute Gasteiger partial charge is 0.499 e. The minimum Gasteiger partial charge on any atom is -0.499 e. The maximum Gasteiger partial charge on any atom is 0.269 e. The Hall–Kier alpha value is -3.15. The van der Waals surface area contributed by atoms with Gasteiger partial charge in [-0.1, -0.05) is 24.8 Å². The van der Waals surface area contributed by atoms with Crippen LogP contribution in [0.4, 0.5) is 11.4 Å². The van der Waals surface area contributed by atoms with Crippen LogP contribution >= 0.6 is 0 Å². The van der Waals surface area contributed by atoms with Crippen LogP contribution in [0, 0.1) is 10.1 Å². The van der Waals surface area contributed by atoms with Crippen molar-refractivity contribution in [2.24, 2.45) is 5.10 Å². The van der Waals surface area contributed by atoms with Crippen LogP contribution in [-0.2, 0) is 4.74 Å². The van der Waals surface area contributed by atoms with Gasteiger partial charge in [0.15, 0.2) is 0 Å². The molecule has 3 rings (SSSR count). The number of methoxy groups -OCH3 is 1. The lowest BCUT2D eigenvalue weighted by atomic mass is 9.91. The van der Waals surface area contributed by atoms with Gasteiger partial charge in [-0.15, -0.1) is 0 Å². The second kappa shape index (κ2) is 6.39. The van der Waals surface area contributed by atoms with Crippen molar-refractivity contribution in [3.63, 3.8) is 0 Å². The van der Waals surface area contributed by atoms with E-state index >= 15 is 0 Å². The standard InChI is InChI=1S/C19H19N3O3/c1-14(25-3)19(2)13-18(15-9-11-17(12-10-15)22(23)24)20-21(19)16-7-5-4-6-8-16/h4-12H,1,13H2,2-3H3. The zero-order valence-corrected chi connectivity index (χ0v) is 14.2. The summed E-state index contributed by atoms with van der Waals surface area (Å²) in [6.07, 6.45) is 0.590. The van der Waals surface area contributed by atoms with Gasteiger partial charge in [-0.3, -0.25) is 15.1 Å². The fraction of sp³-hybridized carbons (Fsp3) is 0.211. The molecular weight excluding hydrogens is 318 g/mol. The van der Waals surface area contributed by atoms with Gasteiger partial charge in [0.25, 0.3) is 5.69 Å². The molecule has 25 heavy (non-hydrogen) atoms. The van der Waals surface area contributed by atoms with E-state index in [9.17, 15) is 10.1 Å². The summed E-state index contributed by atoms with van der Waals surface area (Å²) in [5, 5.41) is 17.5. The van der Waals surface area contributed by atoms with Crippen molar-refractivity contribution in [3.8, 4) is 0 Å². The third kappa shape index (κ3) is 2.98. The van der Waals surface area contributed by atoms with Gasteiger partial charge in [0, 0.05) is 18.6 Å². The number of para-hydroxylation sites is 1. The average Bonchev–Trinajstić information content (AvgIpc) is 3.00. The molecule has 0 spiro atoms. The van der Waals surface area contributed by atoms with Crippen LogP contribution in [0.1, 0.15) is 18.9 Å². The smallest absolute Gasteiger partial charge is 0.269 e. The SMILES string of the molecule is C=C(OC)C1(C)CC(c2ccc([N+](=O)[O-])cc2)=NN1c1ccccc1. The van der Waals surface area contributed by atoms with Crippen LogP contribution in [-0.4, -0.2) is 23.3 Å². The minimum absolute atomic E-state index is 0.0614. The molecule has 0 amide bonds. The van der Waals surface area contributed by atoms with Crippen LogP contribution in [0.5, 0.6) is 0 Å². The molecule has 2 aromatic carbocycles. The van der Waals surface area contributed by atoms with Gasteiger partial charge < -0.3 is 4.74 Å². The molecular formula is C19H19N3O3. The first-order chi connectivity index (χ1) is 12.0. The Morgan fingerprint density at radius 2 is 1.88 bits per heavy atom. The number of rotatable bonds is 5. The molecule has 1 aliphatic rings. The second-order valence-electron chi connectivity index (χ2n) is 6.08. The fourth-order valence-electron chi connectivity index (χ4n) is 2.95. The summed E-state index contributed by atoms with van der Waals surface area (Å²) in [5.74, 6) is 0.608. The molecule has 128 valence electrons. The first-order valence-corrected chi connectivity index (χ1v) is 7.86. The average molecular weight is 337 g/mol. The van der Waals surface area contributed by atoms with E-state index in [1.165, 1.54) is 12.1 Å². The summed E-state index contributed by atoms with van der Waals surface area (Å²) in [6.45, 7) is 6.06. The van der Waals surface area contributed by atoms with Crippen molar-refractivity contribution in [1.29, 1.82) is 0 Å². The van der Waals surface area contributed by atoms with Gasteiger partial charge in [-0.25, -0.2) is 0 Å². The Balaban J connectivity index is 2.01. The molecule has 1 unspecified atom stereocenters. The second-order valence-corrected chi connectivity index (χ2v) is 6.08. The van der Waals surface area contributed by atoms with Crippen LogP contribution in [0.25, 0.3) is 0 Å². The number of hydrogen-bond acceptors (Lipinski definition) is 5. The maximum absolute atomic E-state index is 10.8. The number of hydrogen-bond donors (Lipinski definition) is 0. The molecule has 1 atom stereocenters. The van der Waals surface area contributed by atoms with Crippen LogP contribution in [0.2, 0.25) is 0 Å². The molecule has 6 nitrogen and oxygen atoms in total. The molecule has 0 aromatic heterocycles. The lowest BCUT2D eigenvalue weighted by Crippen LogP contribution is -2.42. The molecule has 2 aromatic rings. The van der Waals surface area contributed by atoms with E-state index in [1.807, 2.05) is 42.3 Å². The third-order valence-corrected chi connectivity index (χ3v) is 4.46. The Morgan fingerprint density at radius 1 is 1.24 bits per heavy atom. The number of non-ortho nitro benzene ring substituents is 1. The maximum atomic E-state index is 10.8. The Kier molecular flexibility index (Phi) is 4.27. The van der Waals surface area contributed by atoms with Gasteiger partial charge in [0.05, 0.1) is 23.4 Å². The Labute approximate surface area is 146 Å². The summed E-state index contributed by atoms with van der Waals surface area (Å²) in [4.78, 5) is 10.4. The molecule has 0 saturated carbocycles. The van der Waals surface area contributed by atoms with Gasteiger partial charge in [-0.2, -0.15) is 5.10 Å². The van der Waals surface area contributed by atoms with Crippen LogP contribution in [0.3, 0.4) is 0 Å². The molecule has 0 fully saturated rings. The van der Waals surface area contributed by atoms with Gasteiger partial charge in [-0.05, 0) is 36.8 Å². The molecule has 6 heteroatoms. The first-order valence-electron chi connectivity index (χ1n) is 7.86. The van der Waals surface area contributed by atoms with Gasteiger partial charge >= 0.3 is 0 Å². The van der Waals surface area contributed by atoms with Crippen molar-refractivity contribution < 1.29 is 9.66 Å². The molecule has 0 bridgehead atoms. The van der Waals surface area contributed by atoms with Gasteiger partial charge in [0.2, 0.25) is 0 Å². The predicted octanol–water partition coefficient (Wildman–Crippen LogP) is 4.13. The van der Waals surface area contributed by atoms with E-state index in [-0.39, 0.29) is 5.69 Å². The summed E-state index contributed by atoms with van der Waals surface area (Å²) in [5.41, 5.74) is 2.14. The summed E-state index contributed by atoms with van der Waals surface area (Å²) < 4.78 is 5.42. The zero-order valence-electron chi connectivity index (χ0n) is 14.2. The van der Waals surface area contributed by atoms with E-state index in [0.717, 1.165) is 17.0 Å². The Morgan fingerprint density at radius 3 is 2.44 bits per heavy atom. The number of anilines is 1. The van der Waals surface area contributed by atoms with Crippen LogP contribution < -0.4 is 5.01 Å². The highest BCUT2D eigenvalue weighted by atomic mass is 16.6. The summed E-state index contributed by atoms with van der Waals surface area (Å²) in [7, 11) is 1.60. The minimum atomic E-state index is -0.535. The van der Waals surface area contributed by atoms with Crippen molar-refractivity contribution in [1.82, 2.24) is 0 Å². The van der Waals surface area contributed by atoms with Crippen LogP contribution in [0.15, 0.2) is 72.0 Å². The summed E-state index contributed by atoms with van der Waals surface area (Å²) >= 11 is 0. The number of nitro groups is 1. The molecule has 0 radical (unpaired) electrons.